The highest BCUT2D eigenvalue weighted by Crippen LogP contribution is 2.32. The third-order valence-corrected chi connectivity index (χ3v) is 3.65. The van der Waals surface area contributed by atoms with E-state index in [0.717, 1.165) is 18.7 Å². The first kappa shape index (κ1) is 15.7. The van der Waals surface area contributed by atoms with Crippen molar-refractivity contribution in [3.63, 3.8) is 0 Å². The van der Waals surface area contributed by atoms with Crippen molar-refractivity contribution in [2.45, 2.75) is 39.7 Å². The van der Waals surface area contributed by atoms with Gasteiger partial charge in [-0.2, -0.15) is 0 Å². The molecule has 0 aromatic heterocycles. The minimum Gasteiger partial charge on any atom is -0.466 e. The zero-order valence-electron chi connectivity index (χ0n) is 12.5. The number of benzene rings is 1. The second-order valence-electron chi connectivity index (χ2n) is 4.79. The van der Waals surface area contributed by atoms with E-state index in [2.05, 4.69) is 37.8 Å². The van der Waals surface area contributed by atoms with Gasteiger partial charge in [0.2, 0.25) is 0 Å². The standard InChI is InChI=1S/C16H25NO2/c1-5-17(6-2)16(4,13-15(18)19-7-3)14-11-9-8-10-12-14/h8-12H,5-7,13H2,1-4H3. The Morgan fingerprint density at radius 1 is 1.16 bits per heavy atom. The zero-order valence-corrected chi connectivity index (χ0v) is 12.5. The molecule has 0 spiro atoms. The monoisotopic (exact) mass is 263 g/mol. The van der Waals surface area contributed by atoms with Gasteiger partial charge in [-0.05, 0) is 32.5 Å². The van der Waals surface area contributed by atoms with Crippen molar-refractivity contribution in [3.05, 3.63) is 35.9 Å². The van der Waals surface area contributed by atoms with Crippen molar-refractivity contribution < 1.29 is 9.53 Å². The van der Waals surface area contributed by atoms with Gasteiger partial charge < -0.3 is 4.74 Å². The van der Waals surface area contributed by atoms with Crippen LogP contribution in [0.2, 0.25) is 0 Å². The highest BCUT2D eigenvalue weighted by atomic mass is 16.5. The Kier molecular flexibility index (Phi) is 6.03. The molecule has 0 aliphatic heterocycles. The van der Waals surface area contributed by atoms with Crippen LogP contribution in [0.4, 0.5) is 0 Å². The first-order valence-electron chi connectivity index (χ1n) is 7.04. The number of hydrogen-bond donors (Lipinski definition) is 0. The molecule has 106 valence electrons. The van der Waals surface area contributed by atoms with Crippen LogP contribution in [0.3, 0.4) is 0 Å². The summed E-state index contributed by atoms with van der Waals surface area (Å²) in [6.07, 6.45) is 0.381. The average molecular weight is 263 g/mol. The normalized spacial score (nSPS) is 14.2. The van der Waals surface area contributed by atoms with E-state index >= 15 is 0 Å². The summed E-state index contributed by atoms with van der Waals surface area (Å²) < 4.78 is 5.13. The molecule has 0 amide bonds. The maximum atomic E-state index is 11.9. The molecule has 1 aromatic rings. The molecule has 1 atom stereocenters. The summed E-state index contributed by atoms with van der Waals surface area (Å²) >= 11 is 0. The Hall–Kier alpha value is -1.35. The number of esters is 1. The summed E-state index contributed by atoms with van der Waals surface area (Å²) in [6, 6.07) is 10.2. The predicted molar refractivity (Wildman–Crippen MR) is 78.0 cm³/mol. The fourth-order valence-corrected chi connectivity index (χ4v) is 2.61. The summed E-state index contributed by atoms with van der Waals surface area (Å²) in [4.78, 5) is 14.2. The molecule has 0 aliphatic rings. The van der Waals surface area contributed by atoms with E-state index in [9.17, 15) is 4.79 Å². The second-order valence-corrected chi connectivity index (χ2v) is 4.79. The lowest BCUT2D eigenvalue weighted by Gasteiger charge is -2.40. The van der Waals surface area contributed by atoms with Gasteiger partial charge in [0.1, 0.15) is 0 Å². The SMILES string of the molecule is CCOC(=O)CC(C)(c1ccccc1)N(CC)CC. The van der Waals surface area contributed by atoms with Gasteiger partial charge >= 0.3 is 5.97 Å². The molecule has 0 N–H and O–H groups in total. The van der Waals surface area contributed by atoms with Gasteiger partial charge in [-0.15, -0.1) is 0 Å². The summed E-state index contributed by atoms with van der Waals surface area (Å²) in [6.45, 7) is 10.4. The highest BCUT2D eigenvalue weighted by Gasteiger charge is 2.34. The van der Waals surface area contributed by atoms with Crippen molar-refractivity contribution in [3.8, 4) is 0 Å². The van der Waals surface area contributed by atoms with Crippen LogP contribution in [-0.2, 0) is 15.1 Å². The van der Waals surface area contributed by atoms with Gasteiger partial charge in [0.05, 0.1) is 18.6 Å². The number of rotatable bonds is 7. The molecule has 19 heavy (non-hydrogen) atoms. The molecule has 0 bridgehead atoms. The first-order chi connectivity index (χ1) is 9.08. The number of nitrogens with zero attached hydrogens (tertiary/aromatic N) is 1. The lowest BCUT2D eigenvalue weighted by atomic mass is 9.86. The Labute approximate surface area is 116 Å². The Morgan fingerprint density at radius 3 is 2.21 bits per heavy atom. The van der Waals surface area contributed by atoms with Crippen LogP contribution in [0, 0.1) is 0 Å². The number of carbonyl (C=O) groups excluding carboxylic acids is 1. The van der Waals surface area contributed by atoms with E-state index in [0.29, 0.717) is 13.0 Å². The van der Waals surface area contributed by atoms with Crippen LogP contribution in [0.25, 0.3) is 0 Å². The van der Waals surface area contributed by atoms with Crippen molar-refractivity contribution >= 4 is 5.97 Å². The molecule has 1 aromatic carbocycles. The van der Waals surface area contributed by atoms with Gasteiger partial charge in [-0.1, -0.05) is 44.2 Å². The average Bonchev–Trinajstić information content (AvgIpc) is 2.41. The molecule has 0 heterocycles. The van der Waals surface area contributed by atoms with E-state index in [1.807, 2.05) is 25.1 Å². The smallest absolute Gasteiger partial charge is 0.307 e. The van der Waals surface area contributed by atoms with E-state index in [-0.39, 0.29) is 11.5 Å². The summed E-state index contributed by atoms with van der Waals surface area (Å²) in [5.74, 6) is -0.138. The van der Waals surface area contributed by atoms with Gasteiger partial charge in [0.25, 0.3) is 0 Å². The van der Waals surface area contributed by atoms with E-state index in [1.165, 1.54) is 0 Å². The summed E-state index contributed by atoms with van der Waals surface area (Å²) in [5, 5.41) is 0. The lowest BCUT2D eigenvalue weighted by Crippen LogP contribution is -2.45. The van der Waals surface area contributed by atoms with Crippen LogP contribution in [0.5, 0.6) is 0 Å². The maximum absolute atomic E-state index is 11.9. The van der Waals surface area contributed by atoms with Crippen LogP contribution >= 0.6 is 0 Å². The minimum atomic E-state index is -0.309. The molecule has 3 nitrogen and oxygen atoms in total. The Bertz CT molecular complexity index is 387. The van der Waals surface area contributed by atoms with E-state index in [1.54, 1.807) is 0 Å². The fraction of sp³-hybridized carbons (Fsp3) is 0.562. The molecule has 0 radical (unpaired) electrons. The van der Waals surface area contributed by atoms with Gasteiger partial charge in [0.15, 0.2) is 0 Å². The van der Waals surface area contributed by atoms with Crippen LogP contribution in [0.1, 0.15) is 39.7 Å². The number of hydrogen-bond acceptors (Lipinski definition) is 3. The van der Waals surface area contributed by atoms with E-state index < -0.39 is 0 Å². The Morgan fingerprint density at radius 2 is 1.74 bits per heavy atom. The summed E-state index contributed by atoms with van der Waals surface area (Å²) in [7, 11) is 0. The van der Waals surface area contributed by atoms with Crippen molar-refractivity contribution in [1.29, 1.82) is 0 Å². The third kappa shape index (κ3) is 3.80. The molecular weight excluding hydrogens is 238 g/mol. The van der Waals surface area contributed by atoms with Crippen LogP contribution < -0.4 is 0 Å². The Balaban J connectivity index is 3.06. The molecule has 0 fully saturated rings. The first-order valence-corrected chi connectivity index (χ1v) is 7.04. The largest absolute Gasteiger partial charge is 0.466 e. The zero-order chi connectivity index (χ0) is 14.3. The maximum Gasteiger partial charge on any atom is 0.307 e. The molecular formula is C16H25NO2. The van der Waals surface area contributed by atoms with Crippen LogP contribution in [-0.4, -0.2) is 30.6 Å². The third-order valence-electron chi connectivity index (χ3n) is 3.65. The molecule has 1 rings (SSSR count). The van der Waals surface area contributed by atoms with Crippen molar-refractivity contribution in [2.24, 2.45) is 0 Å². The molecule has 0 aliphatic carbocycles. The van der Waals surface area contributed by atoms with Gasteiger partial charge in [-0.25, -0.2) is 0 Å². The summed E-state index contributed by atoms with van der Waals surface area (Å²) in [5.41, 5.74) is 0.851. The minimum absolute atomic E-state index is 0.138. The molecule has 0 saturated carbocycles. The van der Waals surface area contributed by atoms with Crippen molar-refractivity contribution in [1.82, 2.24) is 4.90 Å². The topological polar surface area (TPSA) is 29.5 Å². The van der Waals surface area contributed by atoms with Gasteiger partial charge in [0, 0.05) is 0 Å². The van der Waals surface area contributed by atoms with Gasteiger partial charge in [-0.3, -0.25) is 9.69 Å². The number of carbonyl (C=O) groups is 1. The van der Waals surface area contributed by atoms with Crippen LogP contribution in [0.15, 0.2) is 30.3 Å². The quantitative estimate of drug-likeness (QED) is 0.708. The molecule has 3 heteroatoms. The molecule has 1 unspecified atom stereocenters. The molecule has 0 saturated heterocycles. The fourth-order valence-electron chi connectivity index (χ4n) is 2.61. The second kappa shape index (κ2) is 7.29. The van der Waals surface area contributed by atoms with Crippen molar-refractivity contribution in [2.75, 3.05) is 19.7 Å². The van der Waals surface area contributed by atoms with E-state index in [4.69, 9.17) is 4.74 Å². The predicted octanol–water partition coefficient (Wildman–Crippen LogP) is 3.20. The lowest BCUT2D eigenvalue weighted by molar-refractivity contribution is -0.146. The number of ether oxygens (including phenoxy) is 1. The highest BCUT2D eigenvalue weighted by molar-refractivity contribution is 5.71.